The predicted molar refractivity (Wildman–Crippen MR) is 8.71 cm³/mol. The van der Waals surface area contributed by atoms with Crippen molar-refractivity contribution in [3.8, 4) is 0 Å². The zero-order valence-electron chi connectivity index (χ0n) is 3.53. The Hall–Kier alpha value is 1.23. The standard InChI is InChI=1S/CH2O3.Fe.K.O/c2-1(3)4;;;/h(H2,2,3,4);;;/q;;+1;/p-1. The quantitative estimate of drug-likeness (QED) is 0.375. The van der Waals surface area contributed by atoms with Crippen LogP contribution < -0.4 is 56.5 Å². The van der Waals surface area contributed by atoms with Crippen molar-refractivity contribution in [2.75, 3.05) is 0 Å². The molecule has 0 aromatic heterocycles. The molecule has 0 fully saturated rings. The van der Waals surface area contributed by atoms with Crippen molar-refractivity contribution < 1.29 is 86.2 Å². The predicted octanol–water partition coefficient (Wildman–Crippen LogP) is -4.23. The Balaban J connectivity index is -0.0000000480. The first-order chi connectivity index (χ1) is 2.73. The Labute approximate surface area is 90.7 Å². The van der Waals surface area contributed by atoms with E-state index in [0.717, 1.165) is 0 Å². The maximum atomic E-state index is 8.44. The van der Waals surface area contributed by atoms with E-state index in [-0.39, 0.29) is 51.4 Å². The molecule has 38 valence electrons. The van der Waals surface area contributed by atoms with Crippen LogP contribution in [-0.4, -0.2) is 11.3 Å². The molecule has 4 nitrogen and oxygen atoms in total. The van der Waals surface area contributed by atoms with Gasteiger partial charge in [0.2, 0.25) is 6.16 Å². The summed E-state index contributed by atoms with van der Waals surface area (Å²) in [6, 6.07) is 0. The summed E-state index contributed by atoms with van der Waals surface area (Å²) in [4.78, 5) is 8.44. The van der Waals surface area contributed by atoms with E-state index in [1.165, 1.54) is 0 Å². The molecule has 0 atom stereocenters. The van der Waals surface area contributed by atoms with E-state index >= 15 is 0 Å². The molecule has 1 N–H and O–H groups in total. The van der Waals surface area contributed by atoms with Crippen LogP contribution in [0.15, 0.2) is 0 Å². The molecule has 0 amide bonds. The fraction of sp³-hybridized carbons (Fsp3) is 0. The zero-order valence-corrected chi connectivity index (χ0v) is 7.75. The maximum absolute atomic E-state index is 8.44. The average molecular weight is 172 g/mol. The minimum absolute atomic E-state index is 0. The van der Waals surface area contributed by atoms with Crippen molar-refractivity contribution in [3.63, 3.8) is 0 Å². The molecule has 0 bridgehead atoms. The van der Waals surface area contributed by atoms with Gasteiger partial charge in [0.1, 0.15) is 0 Å². The molecular weight excluding hydrogens is 171 g/mol. The summed E-state index contributed by atoms with van der Waals surface area (Å²) in [7, 11) is 0. The number of hydrogen-bond acceptors (Lipinski definition) is 3. The van der Waals surface area contributed by atoms with E-state index < -0.39 is 6.16 Å². The van der Waals surface area contributed by atoms with Crippen LogP contribution >= 0.6 is 0 Å². The zero-order chi connectivity index (χ0) is 5.58. The third-order valence-corrected chi connectivity index (χ3v) is 0. The fourth-order valence-corrected chi connectivity index (χ4v) is 0. The van der Waals surface area contributed by atoms with Crippen molar-refractivity contribution in [2.45, 2.75) is 0 Å². The van der Waals surface area contributed by atoms with E-state index in [0.29, 0.717) is 0 Å². The van der Waals surface area contributed by atoms with Crippen molar-refractivity contribution in [1.29, 1.82) is 0 Å². The first-order valence-corrected chi connectivity index (χ1v) is 1.23. The van der Waals surface area contributed by atoms with Crippen LogP contribution in [0.4, 0.5) is 4.79 Å². The molecule has 0 aliphatic rings. The normalized spacial score (nSPS) is 4.14. The number of carbonyl (C=O) groups is 1. The van der Waals surface area contributed by atoms with E-state index in [4.69, 9.17) is 18.8 Å². The van der Waals surface area contributed by atoms with E-state index in [9.17, 15) is 0 Å². The first-order valence-electron chi connectivity index (χ1n) is 0.776. The van der Waals surface area contributed by atoms with Gasteiger partial charge in [0, 0.05) is 0 Å². The van der Waals surface area contributed by atoms with Gasteiger partial charge < -0.3 is 15.0 Å². The second kappa shape index (κ2) is 15.7. The third-order valence-electron chi connectivity index (χ3n) is 0. The van der Waals surface area contributed by atoms with Gasteiger partial charge in [-0.2, -0.15) is 0 Å². The Morgan fingerprint density at radius 1 is 1.57 bits per heavy atom. The molecule has 0 aliphatic heterocycles. The summed E-state index contributed by atoms with van der Waals surface area (Å²) in [5, 5.41) is 15.3. The van der Waals surface area contributed by atoms with Gasteiger partial charge in [-0.1, -0.05) is 0 Å². The Bertz CT molecular complexity index is 43.0. The van der Waals surface area contributed by atoms with Crippen LogP contribution in [-0.2, 0) is 19.8 Å². The molecule has 0 heterocycles. The van der Waals surface area contributed by atoms with Gasteiger partial charge in [-0.15, -0.1) is 0 Å². The van der Waals surface area contributed by atoms with Gasteiger partial charge in [-0.25, -0.2) is 0 Å². The van der Waals surface area contributed by atoms with Gasteiger partial charge in [0.25, 0.3) is 0 Å². The summed E-state index contributed by atoms with van der Waals surface area (Å²) in [5.41, 5.74) is 0. The molecule has 0 unspecified atom stereocenters. The van der Waals surface area contributed by atoms with E-state index in [1.54, 1.807) is 0 Å². The fourth-order valence-electron chi connectivity index (χ4n) is 0. The molecule has 6 heteroatoms. The number of hydrogen-bond donors (Lipinski definition) is 1. The van der Waals surface area contributed by atoms with Crippen molar-refractivity contribution in [1.82, 2.24) is 0 Å². The Morgan fingerprint density at radius 2 is 1.57 bits per heavy atom. The van der Waals surface area contributed by atoms with Gasteiger partial charge >= 0.3 is 71.2 Å². The summed E-state index contributed by atoms with van der Waals surface area (Å²) in [5.74, 6) is 0. The summed E-state index contributed by atoms with van der Waals surface area (Å²) in [6.45, 7) is 0. The molecule has 0 aromatic rings. The summed E-state index contributed by atoms with van der Waals surface area (Å²) in [6.07, 6.45) is -2.08. The van der Waals surface area contributed by atoms with Crippen LogP contribution in [0.2, 0.25) is 0 Å². The summed E-state index contributed by atoms with van der Waals surface area (Å²) >= 11 is 2.00. The Kier molecular flexibility index (Phi) is 35.2. The molecule has 0 spiro atoms. The Morgan fingerprint density at radius 3 is 1.57 bits per heavy atom. The van der Waals surface area contributed by atoms with Crippen LogP contribution in [0.25, 0.3) is 0 Å². The van der Waals surface area contributed by atoms with Crippen LogP contribution in [0, 0.1) is 0 Å². The van der Waals surface area contributed by atoms with Gasteiger partial charge in [-0.3, -0.25) is 0 Å². The molecule has 0 radical (unpaired) electrons. The van der Waals surface area contributed by atoms with E-state index in [2.05, 4.69) is 0 Å². The monoisotopic (exact) mass is 172 g/mol. The van der Waals surface area contributed by atoms with Crippen LogP contribution in [0.3, 0.4) is 0 Å². The minimum atomic E-state index is -2.08. The van der Waals surface area contributed by atoms with Crippen molar-refractivity contribution in [2.24, 2.45) is 0 Å². The van der Waals surface area contributed by atoms with Crippen LogP contribution in [0.1, 0.15) is 0 Å². The average Bonchev–Trinajstić information content (AvgIpc) is 1.41. The van der Waals surface area contributed by atoms with Gasteiger partial charge in [0.15, 0.2) is 0 Å². The first kappa shape index (κ1) is 15.7. The molecule has 0 saturated carbocycles. The van der Waals surface area contributed by atoms with Crippen molar-refractivity contribution in [3.05, 3.63) is 0 Å². The number of rotatable bonds is 0. The van der Waals surface area contributed by atoms with E-state index in [1.807, 2.05) is 15.9 Å². The molecule has 0 rings (SSSR count). The number of carboxylic acid groups (broad SMARTS) is 2. The molecule has 7 heavy (non-hydrogen) atoms. The molecule has 0 aliphatic carbocycles. The third kappa shape index (κ3) is 131. The SMILES string of the molecule is O=C([O-])O.[K+].[O]=[Fe]. The molecule has 0 aromatic carbocycles. The topological polar surface area (TPSA) is 77.4 Å². The van der Waals surface area contributed by atoms with Crippen LogP contribution in [0.5, 0.6) is 0 Å². The van der Waals surface area contributed by atoms with Gasteiger partial charge in [0.05, 0.1) is 0 Å². The van der Waals surface area contributed by atoms with Gasteiger partial charge in [-0.05, 0) is 0 Å². The molecule has 0 saturated heterocycles. The molecular formula is CHFeKO4. The second-order valence-electron chi connectivity index (χ2n) is 0.266. The van der Waals surface area contributed by atoms with Crippen molar-refractivity contribution >= 4 is 6.16 Å². The summed E-state index contributed by atoms with van der Waals surface area (Å²) < 4.78 is 8.00. The second-order valence-corrected chi connectivity index (χ2v) is 0.266.